The summed E-state index contributed by atoms with van der Waals surface area (Å²) in [6.07, 6.45) is 1.16. The predicted octanol–water partition coefficient (Wildman–Crippen LogP) is 3.41. The molecule has 1 fully saturated rings. The van der Waals surface area contributed by atoms with Crippen molar-refractivity contribution in [2.75, 3.05) is 19.6 Å². The topological polar surface area (TPSA) is 28.4 Å². The van der Waals surface area contributed by atoms with Gasteiger partial charge in [0, 0.05) is 23.6 Å². The molecule has 1 aliphatic heterocycles. The Balaban J connectivity index is 1.91. The smallest absolute Gasteiger partial charge is 0.120 e. The molecule has 0 saturated carbocycles. The summed E-state index contributed by atoms with van der Waals surface area (Å²) in [7, 11) is 0. The predicted molar refractivity (Wildman–Crippen MR) is 87.2 cm³/mol. The quantitative estimate of drug-likeness (QED) is 0.814. The molecule has 2 heterocycles. The Morgan fingerprint density at radius 2 is 2.05 bits per heavy atom. The lowest BCUT2D eigenvalue weighted by molar-refractivity contribution is 0.238. The van der Waals surface area contributed by atoms with Crippen molar-refractivity contribution in [2.24, 2.45) is 0 Å². The lowest BCUT2D eigenvalue weighted by Crippen LogP contribution is -2.39. The number of furan rings is 1. The van der Waals surface area contributed by atoms with E-state index < -0.39 is 0 Å². The number of hydrogen-bond acceptors (Lipinski definition) is 4. The number of nitrogens with one attached hydrogen (secondary N) is 1. The van der Waals surface area contributed by atoms with Gasteiger partial charge in [-0.2, -0.15) is 11.8 Å². The molecule has 0 aliphatic carbocycles. The molecule has 3 nitrogen and oxygen atoms in total. The van der Waals surface area contributed by atoms with E-state index in [1.807, 2.05) is 0 Å². The number of thioether (sulfide) groups is 1. The minimum absolute atomic E-state index is 0.723. The van der Waals surface area contributed by atoms with E-state index in [0.717, 1.165) is 61.2 Å². The molecule has 0 amide bonds. The van der Waals surface area contributed by atoms with E-state index in [9.17, 15) is 0 Å². The zero-order chi connectivity index (χ0) is 14.5. The molecule has 114 valence electrons. The van der Waals surface area contributed by atoms with Gasteiger partial charge in [0.05, 0.1) is 13.1 Å². The maximum Gasteiger partial charge on any atom is 0.120 e. The molecule has 0 radical (unpaired) electrons. The molecule has 0 spiro atoms. The average Bonchev–Trinajstić information content (AvgIpc) is 2.68. The highest BCUT2D eigenvalue weighted by Gasteiger charge is 2.23. The first-order chi connectivity index (χ1) is 9.58. The summed E-state index contributed by atoms with van der Waals surface area (Å²) in [5.74, 6) is 2.21. The fourth-order valence-electron chi connectivity index (χ4n) is 2.86. The van der Waals surface area contributed by atoms with Crippen molar-refractivity contribution in [3.63, 3.8) is 0 Å². The highest BCUT2D eigenvalue weighted by Crippen LogP contribution is 2.26. The summed E-state index contributed by atoms with van der Waals surface area (Å²) in [5.41, 5.74) is 1.27. The van der Waals surface area contributed by atoms with Gasteiger partial charge in [-0.05, 0) is 31.5 Å². The zero-order valence-electron chi connectivity index (χ0n) is 13.2. The maximum absolute atomic E-state index is 6.02. The van der Waals surface area contributed by atoms with Crippen LogP contribution in [0.15, 0.2) is 10.5 Å². The van der Waals surface area contributed by atoms with E-state index in [1.165, 1.54) is 5.56 Å². The van der Waals surface area contributed by atoms with Crippen LogP contribution in [0.1, 0.15) is 44.3 Å². The van der Waals surface area contributed by atoms with Crippen molar-refractivity contribution in [1.82, 2.24) is 10.2 Å². The average molecular weight is 296 g/mol. The molecule has 1 saturated heterocycles. The molecule has 0 bridgehead atoms. The molecule has 1 aromatic heterocycles. The van der Waals surface area contributed by atoms with Crippen molar-refractivity contribution in [3.05, 3.63) is 23.2 Å². The van der Waals surface area contributed by atoms with Gasteiger partial charge >= 0.3 is 0 Å². The highest BCUT2D eigenvalue weighted by atomic mass is 32.2. The number of rotatable bonds is 6. The molecule has 2 atom stereocenters. The number of nitrogens with zero attached hydrogens (tertiary/aromatic N) is 1. The van der Waals surface area contributed by atoms with Crippen LogP contribution in [0.5, 0.6) is 0 Å². The third-order valence-electron chi connectivity index (χ3n) is 3.66. The molecule has 1 aliphatic rings. The van der Waals surface area contributed by atoms with Crippen LogP contribution in [-0.4, -0.2) is 35.0 Å². The third-order valence-corrected chi connectivity index (χ3v) is 4.89. The second kappa shape index (κ2) is 7.53. The standard InChI is InChI=1S/C16H28N2OS/c1-5-6-17-8-16-12(2)7-15(19-16)11-18-9-13(3)20-14(4)10-18/h7,13-14,17H,5-6,8-11H2,1-4H3. The van der Waals surface area contributed by atoms with Crippen molar-refractivity contribution in [1.29, 1.82) is 0 Å². The van der Waals surface area contributed by atoms with Crippen LogP contribution in [0.25, 0.3) is 0 Å². The second-order valence-corrected chi connectivity index (χ2v) is 7.83. The first kappa shape index (κ1) is 15.9. The van der Waals surface area contributed by atoms with Crippen LogP contribution in [0.2, 0.25) is 0 Å². The lowest BCUT2D eigenvalue weighted by atomic mass is 10.2. The SMILES string of the molecule is CCCNCc1oc(CN2CC(C)SC(C)C2)cc1C. The Hall–Kier alpha value is -0.450. The first-order valence-corrected chi connectivity index (χ1v) is 8.69. The van der Waals surface area contributed by atoms with Crippen molar-refractivity contribution in [3.8, 4) is 0 Å². The van der Waals surface area contributed by atoms with Crippen LogP contribution in [0.3, 0.4) is 0 Å². The number of hydrogen-bond donors (Lipinski definition) is 1. The molecule has 2 unspecified atom stereocenters. The van der Waals surface area contributed by atoms with E-state index in [1.54, 1.807) is 0 Å². The van der Waals surface area contributed by atoms with Crippen LogP contribution in [0, 0.1) is 6.92 Å². The highest BCUT2D eigenvalue weighted by molar-refractivity contribution is 8.00. The third kappa shape index (κ3) is 4.54. The van der Waals surface area contributed by atoms with Crippen molar-refractivity contribution >= 4 is 11.8 Å². The molecular weight excluding hydrogens is 268 g/mol. The van der Waals surface area contributed by atoms with Gasteiger partial charge in [0.15, 0.2) is 0 Å². The van der Waals surface area contributed by atoms with Gasteiger partial charge in [0.1, 0.15) is 11.5 Å². The summed E-state index contributed by atoms with van der Waals surface area (Å²) >= 11 is 2.10. The van der Waals surface area contributed by atoms with Crippen molar-refractivity contribution < 1.29 is 4.42 Å². The van der Waals surface area contributed by atoms with E-state index in [0.29, 0.717) is 0 Å². The largest absolute Gasteiger partial charge is 0.463 e. The molecule has 0 aromatic carbocycles. The van der Waals surface area contributed by atoms with E-state index in [2.05, 4.69) is 55.7 Å². The van der Waals surface area contributed by atoms with Gasteiger partial charge in [0.25, 0.3) is 0 Å². The van der Waals surface area contributed by atoms with Crippen LogP contribution in [0.4, 0.5) is 0 Å². The van der Waals surface area contributed by atoms with Gasteiger partial charge < -0.3 is 9.73 Å². The Labute approximate surface area is 127 Å². The fraction of sp³-hybridized carbons (Fsp3) is 0.750. The molecule has 4 heteroatoms. The van der Waals surface area contributed by atoms with Crippen molar-refractivity contribution in [2.45, 2.75) is 57.7 Å². The molecule has 1 N–H and O–H groups in total. The molecule has 1 aromatic rings. The summed E-state index contributed by atoms with van der Waals surface area (Å²) in [4.78, 5) is 2.52. The van der Waals surface area contributed by atoms with Crippen LogP contribution < -0.4 is 5.32 Å². The Bertz CT molecular complexity index is 409. The van der Waals surface area contributed by atoms with Gasteiger partial charge in [-0.15, -0.1) is 0 Å². The van der Waals surface area contributed by atoms with Gasteiger partial charge in [-0.25, -0.2) is 0 Å². The summed E-state index contributed by atoms with van der Waals surface area (Å²) < 4.78 is 6.02. The summed E-state index contributed by atoms with van der Waals surface area (Å²) in [5, 5.41) is 4.86. The first-order valence-electron chi connectivity index (χ1n) is 7.75. The van der Waals surface area contributed by atoms with Crippen LogP contribution in [-0.2, 0) is 13.1 Å². The maximum atomic E-state index is 6.02. The Morgan fingerprint density at radius 3 is 2.70 bits per heavy atom. The number of aryl methyl sites for hydroxylation is 1. The summed E-state index contributed by atoms with van der Waals surface area (Å²) in [6, 6.07) is 2.21. The molecule has 20 heavy (non-hydrogen) atoms. The zero-order valence-corrected chi connectivity index (χ0v) is 14.1. The summed E-state index contributed by atoms with van der Waals surface area (Å²) in [6.45, 7) is 14.1. The Morgan fingerprint density at radius 1 is 1.35 bits per heavy atom. The van der Waals surface area contributed by atoms with Gasteiger partial charge in [-0.1, -0.05) is 20.8 Å². The second-order valence-electron chi connectivity index (χ2n) is 5.95. The molecular formula is C16H28N2OS. The monoisotopic (exact) mass is 296 g/mol. The molecule has 2 rings (SSSR count). The minimum atomic E-state index is 0.723. The minimum Gasteiger partial charge on any atom is -0.463 e. The van der Waals surface area contributed by atoms with Gasteiger partial charge in [-0.3, -0.25) is 4.90 Å². The van der Waals surface area contributed by atoms with E-state index >= 15 is 0 Å². The van der Waals surface area contributed by atoms with Gasteiger partial charge in [0.2, 0.25) is 0 Å². The fourth-order valence-corrected chi connectivity index (χ4v) is 4.24. The lowest BCUT2D eigenvalue weighted by Gasteiger charge is -2.33. The van der Waals surface area contributed by atoms with E-state index in [4.69, 9.17) is 4.42 Å². The Kier molecular flexibility index (Phi) is 6.00. The van der Waals surface area contributed by atoms with Crippen LogP contribution >= 0.6 is 11.8 Å². The van der Waals surface area contributed by atoms with E-state index in [-0.39, 0.29) is 0 Å². The normalized spacial score (nSPS) is 24.2.